The van der Waals surface area contributed by atoms with Crippen LogP contribution in [0.5, 0.6) is 0 Å². The topological polar surface area (TPSA) is 57.0 Å². The van der Waals surface area contributed by atoms with Crippen LogP contribution < -0.4 is 4.68 Å². The normalized spacial score (nSPS) is 12.9. The Morgan fingerprint density at radius 3 is 2.59 bits per heavy atom. The average molecular weight is 232 g/mol. The summed E-state index contributed by atoms with van der Waals surface area (Å²) in [5.74, 6) is 0.0792. The lowest BCUT2D eigenvalue weighted by molar-refractivity contribution is -0.766. The minimum absolute atomic E-state index is 0.0792. The molecule has 1 aromatic carbocycles. The SMILES string of the molecule is CN(C)C(C[n+]1cc([NH-])on1)c1ccccc1. The van der Waals surface area contributed by atoms with Gasteiger partial charge >= 0.3 is 0 Å². The molecule has 0 amide bonds. The zero-order chi connectivity index (χ0) is 12.3. The molecule has 0 fully saturated rings. The van der Waals surface area contributed by atoms with Gasteiger partial charge in [0.25, 0.3) is 0 Å². The third kappa shape index (κ3) is 2.82. The minimum atomic E-state index is 0.0792. The van der Waals surface area contributed by atoms with Gasteiger partial charge in [-0.2, -0.15) is 0 Å². The van der Waals surface area contributed by atoms with Crippen LogP contribution in [0.15, 0.2) is 41.1 Å². The van der Waals surface area contributed by atoms with E-state index in [0.29, 0.717) is 6.54 Å². The molecule has 2 rings (SSSR count). The van der Waals surface area contributed by atoms with Gasteiger partial charge in [-0.1, -0.05) is 35.0 Å². The van der Waals surface area contributed by atoms with E-state index in [1.54, 1.807) is 10.9 Å². The molecule has 0 aliphatic rings. The highest BCUT2D eigenvalue weighted by molar-refractivity contribution is 5.20. The zero-order valence-corrected chi connectivity index (χ0v) is 10.00. The lowest BCUT2D eigenvalue weighted by atomic mass is 10.1. The second-order valence-corrected chi connectivity index (χ2v) is 4.18. The highest BCUT2D eigenvalue weighted by atomic mass is 16.5. The Bertz CT molecular complexity index is 466. The maximum Gasteiger partial charge on any atom is 0.222 e. The fourth-order valence-electron chi connectivity index (χ4n) is 1.78. The zero-order valence-electron chi connectivity index (χ0n) is 10.00. The Morgan fingerprint density at radius 1 is 1.35 bits per heavy atom. The standard InChI is InChI=1S/C12H16N4O/c1-15(2)11(10-6-4-3-5-7-10)8-16-9-12(13)17-14-16/h3-7,9,11,13H,8H2,1-2H3. The van der Waals surface area contributed by atoms with E-state index < -0.39 is 0 Å². The monoisotopic (exact) mass is 232 g/mol. The Labute approximate surface area is 100 Å². The van der Waals surface area contributed by atoms with E-state index in [9.17, 15) is 0 Å². The molecule has 0 radical (unpaired) electrons. The number of hydrogen-bond donors (Lipinski definition) is 0. The Hall–Kier alpha value is -1.88. The van der Waals surface area contributed by atoms with Crippen LogP contribution in [0, 0.1) is 0 Å². The predicted molar refractivity (Wildman–Crippen MR) is 63.5 cm³/mol. The first kappa shape index (κ1) is 11.6. The van der Waals surface area contributed by atoms with Crippen molar-refractivity contribution in [3.05, 3.63) is 47.8 Å². The van der Waals surface area contributed by atoms with Crippen LogP contribution in [0.1, 0.15) is 11.6 Å². The summed E-state index contributed by atoms with van der Waals surface area (Å²) < 4.78 is 6.39. The van der Waals surface area contributed by atoms with Gasteiger partial charge in [0.15, 0.2) is 11.8 Å². The molecule has 0 aliphatic carbocycles. The number of likely N-dealkylation sites (N-methyl/N-ethyl adjacent to an activating group) is 1. The molecule has 5 heteroatoms. The van der Waals surface area contributed by atoms with Gasteiger partial charge in [0.2, 0.25) is 6.20 Å². The van der Waals surface area contributed by atoms with Gasteiger partial charge in [0.1, 0.15) is 5.88 Å². The van der Waals surface area contributed by atoms with Crippen molar-refractivity contribution in [1.29, 1.82) is 0 Å². The molecule has 1 aromatic heterocycles. The van der Waals surface area contributed by atoms with Crippen LogP contribution in [0.2, 0.25) is 0 Å². The Kier molecular flexibility index (Phi) is 3.39. The molecule has 1 heterocycles. The summed E-state index contributed by atoms with van der Waals surface area (Å²) in [5.41, 5.74) is 8.53. The summed E-state index contributed by atoms with van der Waals surface area (Å²) in [5, 5.41) is 3.79. The minimum Gasteiger partial charge on any atom is -0.660 e. The number of nitrogens with zero attached hydrogens (tertiary/aromatic N) is 3. The lowest BCUT2D eigenvalue weighted by Crippen LogP contribution is -2.41. The first-order valence-electron chi connectivity index (χ1n) is 5.46. The summed E-state index contributed by atoms with van der Waals surface area (Å²) in [7, 11) is 4.06. The largest absolute Gasteiger partial charge is 0.660 e. The maximum absolute atomic E-state index is 7.31. The van der Waals surface area contributed by atoms with E-state index in [4.69, 9.17) is 10.3 Å². The number of nitrogens with one attached hydrogen (secondary N) is 1. The summed E-state index contributed by atoms with van der Waals surface area (Å²) in [6.07, 6.45) is 1.58. The Balaban J connectivity index is 2.19. The van der Waals surface area contributed by atoms with Crippen molar-refractivity contribution in [2.45, 2.75) is 12.6 Å². The van der Waals surface area contributed by atoms with Crippen LogP contribution in [0.4, 0.5) is 5.88 Å². The van der Waals surface area contributed by atoms with Crippen LogP contribution >= 0.6 is 0 Å². The lowest BCUT2D eigenvalue weighted by Gasteiger charge is -2.20. The van der Waals surface area contributed by atoms with Crippen molar-refractivity contribution < 1.29 is 9.20 Å². The molecular formula is C12H16N4O. The summed E-state index contributed by atoms with van der Waals surface area (Å²) in [6, 6.07) is 10.4. The summed E-state index contributed by atoms with van der Waals surface area (Å²) in [6.45, 7) is 0.666. The molecule has 17 heavy (non-hydrogen) atoms. The van der Waals surface area contributed by atoms with E-state index in [2.05, 4.69) is 22.3 Å². The third-order valence-electron chi connectivity index (χ3n) is 2.68. The van der Waals surface area contributed by atoms with Gasteiger partial charge in [-0.3, -0.25) is 4.90 Å². The van der Waals surface area contributed by atoms with Gasteiger partial charge in [0, 0.05) is 0 Å². The van der Waals surface area contributed by atoms with Crippen LogP contribution in [0.25, 0.3) is 5.73 Å². The molecule has 5 nitrogen and oxygen atoms in total. The molecular weight excluding hydrogens is 216 g/mol. The first-order chi connectivity index (χ1) is 8.16. The van der Waals surface area contributed by atoms with E-state index in [1.807, 2.05) is 32.3 Å². The van der Waals surface area contributed by atoms with E-state index in [-0.39, 0.29) is 11.9 Å². The molecule has 1 N–H and O–H groups in total. The fraction of sp³-hybridized carbons (Fsp3) is 0.333. The predicted octanol–water partition coefficient (Wildman–Crippen LogP) is 1.95. The highest BCUT2D eigenvalue weighted by Gasteiger charge is 2.20. The number of hydrogen-bond acceptors (Lipinski definition) is 3. The number of rotatable bonds is 4. The molecule has 0 saturated heterocycles. The van der Waals surface area contributed by atoms with Crippen molar-refractivity contribution in [1.82, 2.24) is 10.2 Å². The van der Waals surface area contributed by atoms with Gasteiger partial charge < -0.3 is 10.3 Å². The summed E-state index contributed by atoms with van der Waals surface area (Å²) >= 11 is 0. The van der Waals surface area contributed by atoms with E-state index in [1.165, 1.54) is 5.56 Å². The number of aromatic nitrogens is 2. The molecule has 0 saturated carbocycles. The molecule has 0 aliphatic heterocycles. The van der Waals surface area contributed by atoms with Crippen LogP contribution in [-0.2, 0) is 6.54 Å². The molecule has 0 spiro atoms. The van der Waals surface area contributed by atoms with Gasteiger partial charge in [-0.15, -0.1) is 0 Å². The average Bonchev–Trinajstić information content (AvgIpc) is 2.73. The van der Waals surface area contributed by atoms with E-state index in [0.717, 1.165) is 0 Å². The molecule has 1 atom stereocenters. The third-order valence-corrected chi connectivity index (χ3v) is 2.68. The first-order valence-corrected chi connectivity index (χ1v) is 5.46. The van der Waals surface area contributed by atoms with Crippen LogP contribution in [-0.4, -0.2) is 24.3 Å². The van der Waals surface area contributed by atoms with Crippen LogP contribution in [0.3, 0.4) is 0 Å². The highest BCUT2D eigenvalue weighted by Crippen LogP contribution is 2.18. The van der Waals surface area contributed by atoms with Gasteiger partial charge in [0.05, 0.1) is 6.04 Å². The fourth-order valence-corrected chi connectivity index (χ4v) is 1.78. The van der Waals surface area contributed by atoms with Crippen molar-refractivity contribution in [2.75, 3.05) is 14.1 Å². The number of benzene rings is 1. The van der Waals surface area contributed by atoms with Crippen molar-refractivity contribution >= 4 is 5.88 Å². The summed E-state index contributed by atoms with van der Waals surface area (Å²) in [4.78, 5) is 2.13. The van der Waals surface area contributed by atoms with Gasteiger partial charge in [-0.05, 0) is 19.7 Å². The van der Waals surface area contributed by atoms with Crippen molar-refractivity contribution in [2.24, 2.45) is 0 Å². The van der Waals surface area contributed by atoms with Crippen molar-refractivity contribution in [3.63, 3.8) is 0 Å². The molecule has 0 bridgehead atoms. The van der Waals surface area contributed by atoms with Gasteiger partial charge in [-0.25, -0.2) is 0 Å². The second-order valence-electron chi connectivity index (χ2n) is 4.18. The molecule has 90 valence electrons. The quantitative estimate of drug-likeness (QED) is 0.757. The van der Waals surface area contributed by atoms with E-state index >= 15 is 0 Å². The Morgan fingerprint density at radius 2 is 2.06 bits per heavy atom. The smallest absolute Gasteiger partial charge is 0.222 e. The molecule has 2 aromatic rings. The van der Waals surface area contributed by atoms with Crippen molar-refractivity contribution in [3.8, 4) is 0 Å². The maximum atomic E-state index is 7.31. The molecule has 1 unspecified atom stereocenters. The second kappa shape index (κ2) is 4.97.